The SMILES string of the molecule is CNC(c1ccc(C(F)(F)F)cn1)c1nccn1C. The molecule has 0 aromatic carbocycles. The number of aryl methyl sites for hydroxylation is 1. The normalized spacial score (nSPS) is 13.5. The number of pyridine rings is 1. The Bertz CT molecular complexity index is 545. The van der Waals surface area contributed by atoms with Crippen LogP contribution in [0.5, 0.6) is 0 Å². The number of imidazole rings is 1. The molecule has 2 heterocycles. The maximum absolute atomic E-state index is 12.5. The van der Waals surface area contributed by atoms with Gasteiger partial charge in [-0.1, -0.05) is 0 Å². The number of halogens is 3. The van der Waals surface area contributed by atoms with Crippen molar-refractivity contribution in [3.63, 3.8) is 0 Å². The van der Waals surface area contributed by atoms with Gasteiger partial charge >= 0.3 is 6.18 Å². The fourth-order valence-corrected chi connectivity index (χ4v) is 1.81. The zero-order valence-corrected chi connectivity index (χ0v) is 10.4. The van der Waals surface area contributed by atoms with Crippen LogP contribution in [0.4, 0.5) is 13.2 Å². The van der Waals surface area contributed by atoms with Gasteiger partial charge in [0.05, 0.1) is 11.3 Å². The lowest BCUT2D eigenvalue weighted by Gasteiger charge is -2.16. The van der Waals surface area contributed by atoms with Crippen molar-refractivity contribution in [2.24, 2.45) is 7.05 Å². The van der Waals surface area contributed by atoms with Crippen LogP contribution >= 0.6 is 0 Å². The molecule has 102 valence electrons. The second-order valence-corrected chi connectivity index (χ2v) is 4.09. The van der Waals surface area contributed by atoms with Gasteiger partial charge in [-0.05, 0) is 19.2 Å². The second-order valence-electron chi connectivity index (χ2n) is 4.09. The average Bonchev–Trinajstić information content (AvgIpc) is 2.76. The third-order valence-corrected chi connectivity index (χ3v) is 2.81. The first-order valence-electron chi connectivity index (χ1n) is 5.61. The van der Waals surface area contributed by atoms with E-state index in [1.54, 1.807) is 24.0 Å². The number of nitrogens with one attached hydrogen (secondary N) is 1. The van der Waals surface area contributed by atoms with E-state index >= 15 is 0 Å². The minimum Gasteiger partial charge on any atom is -0.336 e. The summed E-state index contributed by atoms with van der Waals surface area (Å²) in [6, 6.07) is 2.04. The van der Waals surface area contributed by atoms with E-state index in [2.05, 4.69) is 15.3 Å². The minimum atomic E-state index is -4.37. The lowest BCUT2D eigenvalue weighted by Crippen LogP contribution is -2.22. The Morgan fingerprint density at radius 1 is 1.26 bits per heavy atom. The van der Waals surface area contributed by atoms with Crippen molar-refractivity contribution in [3.05, 3.63) is 47.8 Å². The summed E-state index contributed by atoms with van der Waals surface area (Å²) in [5, 5.41) is 2.99. The molecule has 0 saturated carbocycles. The maximum Gasteiger partial charge on any atom is 0.417 e. The lowest BCUT2D eigenvalue weighted by atomic mass is 10.1. The minimum absolute atomic E-state index is 0.345. The molecule has 0 radical (unpaired) electrons. The molecule has 1 atom stereocenters. The van der Waals surface area contributed by atoms with Crippen molar-refractivity contribution in [1.82, 2.24) is 19.9 Å². The van der Waals surface area contributed by atoms with Crippen molar-refractivity contribution in [1.29, 1.82) is 0 Å². The van der Waals surface area contributed by atoms with Gasteiger partial charge < -0.3 is 9.88 Å². The van der Waals surface area contributed by atoms with Gasteiger partial charge in [0.25, 0.3) is 0 Å². The van der Waals surface area contributed by atoms with Crippen LogP contribution in [-0.2, 0) is 13.2 Å². The zero-order chi connectivity index (χ0) is 14.0. The van der Waals surface area contributed by atoms with Gasteiger partial charge in [0.2, 0.25) is 0 Å². The van der Waals surface area contributed by atoms with E-state index < -0.39 is 11.7 Å². The van der Waals surface area contributed by atoms with E-state index in [1.807, 2.05) is 7.05 Å². The molecule has 4 nitrogen and oxygen atoms in total. The topological polar surface area (TPSA) is 42.7 Å². The van der Waals surface area contributed by atoms with Gasteiger partial charge in [0.1, 0.15) is 11.9 Å². The van der Waals surface area contributed by atoms with Gasteiger partial charge in [-0.3, -0.25) is 4.98 Å². The summed E-state index contributed by atoms with van der Waals surface area (Å²) in [5.74, 6) is 0.690. The van der Waals surface area contributed by atoms with Crippen LogP contribution in [-0.4, -0.2) is 21.6 Å². The van der Waals surface area contributed by atoms with Crippen LogP contribution in [0.25, 0.3) is 0 Å². The fourth-order valence-electron chi connectivity index (χ4n) is 1.81. The van der Waals surface area contributed by atoms with Crippen molar-refractivity contribution in [2.75, 3.05) is 7.05 Å². The largest absolute Gasteiger partial charge is 0.417 e. The summed E-state index contributed by atoms with van der Waals surface area (Å²) in [7, 11) is 3.52. The van der Waals surface area contributed by atoms with Gasteiger partial charge in [0.15, 0.2) is 0 Å². The van der Waals surface area contributed by atoms with Crippen LogP contribution in [0, 0.1) is 0 Å². The smallest absolute Gasteiger partial charge is 0.336 e. The monoisotopic (exact) mass is 270 g/mol. The Kier molecular flexibility index (Phi) is 3.57. The third-order valence-electron chi connectivity index (χ3n) is 2.81. The molecule has 2 rings (SSSR count). The van der Waals surface area contributed by atoms with Crippen molar-refractivity contribution in [3.8, 4) is 0 Å². The predicted octanol–water partition coefficient (Wildman–Crippen LogP) is 2.14. The molecule has 0 aliphatic heterocycles. The van der Waals surface area contributed by atoms with Crippen LogP contribution < -0.4 is 5.32 Å². The zero-order valence-electron chi connectivity index (χ0n) is 10.4. The van der Waals surface area contributed by atoms with Gasteiger partial charge in [-0.25, -0.2) is 4.98 Å². The summed E-state index contributed by atoms with van der Waals surface area (Å²) in [6.45, 7) is 0. The average molecular weight is 270 g/mol. The number of rotatable bonds is 3. The van der Waals surface area contributed by atoms with Crippen molar-refractivity contribution in [2.45, 2.75) is 12.2 Å². The summed E-state index contributed by atoms with van der Waals surface area (Å²) >= 11 is 0. The first-order chi connectivity index (χ1) is 8.93. The summed E-state index contributed by atoms with van der Waals surface area (Å²) in [5.41, 5.74) is -0.268. The molecule has 19 heavy (non-hydrogen) atoms. The molecule has 2 aromatic heterocycles. The molecule has 0 fully saturated rings. The van der Waals surface area contributed by atoms with E-state index in [4.69, 9.17) is 0 Å². The van der Waals surface area contributed by atoms with E-state index in [-0.39, 0.29) is 6.04 Å². The maximum atomic E-state index is 12.5. The Morgan fingerprint density at radius 3 is 2.42 bits per heavy atom. The molecule has 0 bridgehead atoms. The van der Waals surface area contributed by atoms with Crippen LogP contribution in [0.1, 0.15) is 23.1 Å². The highest BCUT2D eigenvalue weighted by molar-refractivity contribution is 5.23. The highest BCUT2D eigenvalue weighted by Gasteiger charge is 2.31. The van der Waals surface area contributed by atoms with Gasteiger partial charge in [-0.2, -0.15) is 13.2 Å². The van der Waals surface area contributed by atoms with Gasteiger partial charge in [0, 0.05) is 25.6 Å². The van der Waals surface area contributed by atoms with Crippen molar-refractivity contribution < 1.29 is 13.2 Å². The van der Waals surface area contributed by atoms with Crippen molar-refractivity contribution >= 4 is 0 Å². The predicted molar refractivity (Wildman–Crippen MR) is 63.3 cm³/mol. The number of alkyl halides is 3. The number of hydrogen-bond donors (Lipinski definition) is 1. The molecular weight excluding hydrogens is 257 g/mol. The standard InChI is InChI=1S/C12H13F3N4/c1-16-10(11-17-5-6-19(11)2)9-4-3-8(7-18-9)12(13,14)15/h3-7,10,16H,1-2H3. The van der Waals surface area contributed by atoms with E-state index in [0.29, 0.717) is 11.5 Å². The fraction of sp³-hybridized carbons (Fsp3) is 0.333. The van der Waals surface area contributed by atoms with Gasteiger partial charge in [-0.15, -0.1) is 0 Å². The number of nitrogens with zero attached hydrogens (tertiary/aromatic N) is 3. The lowest BCUT2D eigenvalue weighted by molar-refractivity contribution is -0.137. The summed E-state index contributed by atoms with van der Waals surface area (Å²) in [4.78, 5) is 8.05. The van der Waals surface area contributed by atoms with E-state index in [1.165, 1.54) is 6.07 Å². The Hall–Kier alpha value is -1.89. The molecule has 0 saturated heterocycles. The van der Waals surface area contributed by atoms with E-state index in [0.717, 1.165) is 12.3 Å². The molecule has 2 aromatic rings. The first-order valence-corrected chi connectivity index (χ1v) is 5.61. The molecule has 0 aliphatic carbocycles. The molecule has 0 amide bonds. The Balaban J connectivity index is 2.33. The van der Waals surface area contributed by atoms with E-state index in [9.17, 15) is 13.2 Å². The molecule has 7 heteroatoms. The highest BCUT2D eigenvalue weighted by atomic mass is 19.4. The molecule has 0 aliphatic rings. The Morgan fingerprint density at radius 2 is 2.00 bits per heavy atom. The third kappa shape index (κ3) is 2.76. The number of aromatic nitrogens is 3. The van der Waals surface area contributed by atoms with Crippen LogP contribution in [0.15, 0.2) is 30.7 Å². The summed E-state index contributed by atoms with van der Waals surface area (Å²) in [6.07, 6.45) is -0.139. The quantitative estimate of drug-likeness (QED) is 0.929. The van der Waals surface area contributed by atoms with Crippen LogP contribution in [0.2, 0.25) is 0 Å². The summed E-state index contributed by atoms with van der Waals surface area (Å²) < 4.78 is 39.2. The molecule has 1 N–H and O–H groups in total. The molecular formula is C12H13F3N4. The number of hydrogen-bond acceptors (Lipinski definition) is 3. The molecule has 1 unspecified atom stereocenters. The van der Waals surface area contributed by atoms with Crippen LogP contribution in [0.3, 0.4) is 0 Å². The molecule has 0 spiro atoms. The second kappa shape index (κ2) is 5.00. The highest BCUT2D eigenvalue weighted by Crippen LogP contribution is 2.29. The Labute approximate surface area is 108 Å². The first kappa shape index (κ1) is 13.5.